The fourth-order valence-corrected chi connectivity index (χ4v) is 2.24. The third-order valence-corrected chi connectivity index (χ3v) is 2.99. The number of likely N-dealkylation sites (tertiary alicyclic amines) is 1. The fraction of sp³-hybridized carbons (Fsp3) is 0.727. The Morgan fingerprint density at radius 1 is 1.60 bits per heavy atom. The number of aromatic nitrogens is 2. The van der Waals surface area contributed by atoms with Crippen LogP contribution in [0.5, 0.6) is 0 Å². The van der Waals surface area contributed by atoms with Gasteiger partial charge in [-0.25, -0.2) is 4.98 Å². The number of nitrogens with zero attached hydrogens (tertiary/aromatic N) is 3. The fourth-order valence-electron chi connectivity index (χ4n) is 2.24. The van der Waals surface area contributed by atoms with Crippen molar-refractivity contribution in [1.29, 1.82) is 0 Å². The molecule has 0 amide bonds. The van der Waals surface area contributed by atoms with Crippen molar-refractivity contribution < 1.29 is 0 Å². The standard InChI is InChI=1S/C11H20N4/c1-3-12-11-13-5-7-15(11)9-10-4-6-14(2)8-10/h5,7,10H,3-4,6,8-9H2,1-2H3,(H,12,13). The van der Waals surface area contributed by atoms with Gasteiger partial charge in [0.1, 0.15) is 0 Å². The number of imidazole rings is 1. The van der Waals surface area contributed by atoms with Crippen LogP contribution in [-0.2, 0) is 6.54 Å². The summed E-state index contributed by atoms with van der Waals surface area (Å²) in [6, 6.07) is 0. The van der Waals surface area contributed by atoms with Crippen molar-refractivity contribution in [3.63, 3.8) is 0 Å². The highest BCUT2D eigenvalue weighted by atomic mass is 15.2. The zero-order chi connectivity index (χ0) is 10.7. The van der Waals surface area contributed by atoms with E-state index in [1.807, 2.05) is 6.20 Å². The summed E-state index contributed by atoms with van der Waals surface area (Å²) in [6.45, 7) is 6.57. The van der Waals surface area contributed by atoms with E-state index in [4.69, 9.17) is 0 Å². The van der Waals surface area contributed by atoms with Crippen LogP contribution in [-0.4, -0.2) is 41.1 Å². The molecule has 0 spiro atoms. The Kier molecular flexibility index (Phi) is 3.26. The maximum Gasteiger partial charge on any atom is 0.202 e. The molecule has 2 rings (SSSR count). The first-order valence-corrected chi connectivity index (χ1v) is 5.73. The number of hydrogen-bond acceptors (Lipinski definition) is 3. The van der Waals surface area contributed by atoms with E-state index in [1.165, 1.54) is 19.5 Å². The molecule has 1 N–H and O–H groups in total. The normalized spacial score (nSPS) is 22.1. The molecule has 1 atom stereocenters. The number of nitrogens with one attached hydrogen (secondary N) is 1. The summed E-state index contributed by atoms with van der Waals surface area (Å²) < 4.78 is 2.23. The first kappa shape index (κ1) is 10.5. The lowest BCUT2D eigenvalue weighted by Crippen LogP contribution is -2.18. The van der Waals surface area contributed by atoms with Crippen molar-refractivity contribution in [2.75, 3.05) is 32.0 Å². The Labute approximate surface area is 91.3 Å². The molecule has 1 aromatic heterocycles. The minimum absolute atomic E-state index is 0.779. The average Bonchev–Trinajstić information content (AvgIpc) is 2.78. The molecule has 1 aliphatic rings. The van der Waals surface area contributed by atoms with Crippen LogP contribution >= 0.6 is 0 Å². The quantitative estimate of drug-likeness (QED) is 0.809. The Morgan fingerprint density at radius 3 is 3.13 bits per heavy atom. The molecule has 2 heterocycles. The number of anilines is 1. The molecule has 1 aliphatic heterocycles. The predicted molar refractivity (Wildman–Crippen MR) is 62.0 cm³/mol. The Bertz CT molecular complexity index is 307. The third-order valence-electron chi connectivity index (χ3n) is 2.99. The van der Waals surface area contributed by atoms with E-state index in [-0.39, 0.29) is 0 Å². The van der Waals surface area contributed by atoms with Gasteiger partial charge in [-0.15, -0.1) is 0 Å². The van der Waals surface area contributed by atoms with Crippen LogP contribution in [0.3, 0.4) is 0 Å². The summed E-state index contributed by atoms with van der Waals surface area (Å²) in [4.78, 5) is 6.70. The summed E-state index contributed by atoms with van der Waals surface area (Å²) in [5.41, 5.74) is 0. The molecule has 0 aromatic carbocycles. The molecule has 4 heteroatoms. The summed E-state index contributed by atoms with van der Waals surface area (Å²) in [6.07, 6.45) is 5.24. The summed E-state index contributed by atoms with van der Waals surface area (Å²) in [5, 5.41) is 3.28. The second-order valence-electron chi connectivity index (χ2n) is 4.35. The predicted octanol–water partition coefficient (Wildman–Crippen LogP) is 1.27. The highest BCUT2D eigenvalue weighted by Crippen LogP contribution is 2.18. The van der Waals surface area contributed by atoms with Gasteiger partial charge in [0.15, 0.2) is 0 Å². The second-order valence-corrected chi connectivity index (χ2v) is 4.35. The van der Waals surface area contributed by atoms with Crippen molar-refractivity contribution in [3.05, 3.63) is 12.4 Å². The highest BCUT2D eigenvalue weighted by Gasteiger charge is 2.20. The number of rotatable bonds is 4. The first-order valence-electron chi connectivity index (χ1n) is 5.73. The van der Waals surface area contributed by atoms with Crippen LogP contribution < -0.4 is 5.32 Å². The van der Waals surface area contributed by atoms with Gasteiger partial charge in [-0.05, 0) is 32.9 Å². The van der Waals surface area contributed by atoms with Gasteiger partial charge < -0.3 is 14.8 Å². The van der Waals surface area contributed by atoms with Gasteiger partial charge >= 0.3 is 0 Å². The van der Waals surface area contributed by atoms with E-state index < -0.39 is 0 Å². The minimum atomic E-state index is 0.779. The maximum absolute atomic E-state index is 4.31. The summed E-state index contributed by atoms with van der Waals surface area (Å²) >= 11 is 0. The summed E-state index contributed by atoms with van der Waals surface area (Å²) in [5.74, 6) is 1.79. The molecule has 0 bridgehead atoms. The van der Waals surface area contributed by atoms with Crippen molar-refractivity contribution in [2.45, 2.75) is 19.9 Å². The van der Waals surface area contributed by atoms with Crippen LogP contribution in [0.1, 0.15) is 13.3 Å². The molecule has 1 aromatic rings. The smallest absolute Gasteiger partial charge is 0.202 e. The molecule has 4 nitrogen and oxygen atoms in total. The molecule has 0 aliphatic carbocycles. The average molecular weight is 208 g/mol. The molecule has 0 saturated carbocycles. The monoisotopic (exact) mass is 208 g/mol. The molecule has 1 saturated heterocycles. The Hall–Kier alpha value is -1.03. The zero-order valence-corrected chi connectivity index (χ0v) is 9.61. The molecule has 84 valence electrons. The van der Waals surface area contributed by atoms with Gasteiger partial charge in [0.25, 0.3) is 0 Å². The maximum atomic E-state index is 4.31. The van der Waals surface area contributed by atoms with E-state index in [0.29, 0.717) is 0 Å². The lowest BCUT2D eigenvalue weighted by atomic mass is 10.1. The zero-order valence-electron chi connectivity index (χ0n) is 9.61. The molecule has 1 unspecified atom stereocenters. The van der Waals surface area contributed by atoms with Gasteiger partial charge in [-0.1, -0.05) is 0 Å². The van der Waals surface area contributed by atoms with Crippen LogP contribution in [0.15, 0.2) is 12.4 Å². The van der Waals surface area contributed by atoms with Crippen molar-refractivity contribution in [1.82, 2.24) is 14.5 Å². The molecule has 1 fully saturated rings. The number of hydrogen-bond donors (Lipinski definition) is 1. The lowest BCUT2D eigenvalue weighted by molar-refractivity contribution is 0.379. The minimum Gasteiger partial charge on any atom is -0.356 e. The van der Waals surface area contributed by atoms with Gasteiger partial charge in [0.05, 0.1) is 0 Å². The van der Waals surface area contributed by atoms with E-state index in [0.717, 1.165) is 25.0 Å². The van der Waals surface area contributed by atoms with Gasteiger partial charge in [0, 0.05) is 32.0 Å². The Morgan fingerprint density at radius 2 is 2.47 bits per heavy atom. The van der Waals surface area contributed by atoms with Crippen LogP contribution in [0.25, 0.3) is 0 Å². The van der Waals surface area contributed by atoms with Crippen molar-refractivity contribution in [3.8, 4) is 0 Å². The summed E-state index contributed by atoms with van der Waals surface area (Å²) in [7, 11) is 2.19. The topological polar surface area (TPSA) is 33.1 Å². The molecule has 15 heavy (non-hydrogen) atoms. The van der Waals surface area contributed by atoms with E-state index >= 15 is 0 Å². The van der Waals surface area contributed by atoms with Crippen LogP contribution in [0.4, 0.5) is 5.95 Å². The largest absolute Gasteiger partial charge is 0.356 e. The molecular weight excluding hydrogens is 188 g/mol. The highest BCUT2D eigenvalue weighted by molar-refractivity contribution is 5.25. The second kappa shape index (κ2) is 4.66. The van der Waals surface area contributed by atoms with Gasteiger partial charge in [-0.3, -0.25) is 0 Å². The SMILES string of the molecule is CCNc1nccn1CC1CCN(C)C1. The Balaban J connectivity index is 1.95. The van der Waals surface area contributed by atoms with E-state index in [1.54, 1.807) is 0 Å². The van der Waals surface area contributed by atoms with Crippen LogP contribution in [0.2, 0.25) is 0 Å². The van der Waals surface area contributed by atoms with Gasteiger partial charge in [-0.2, -0.15) is 0 Å². The van der Waals surface area contributed by atoms with E-state index in [2.05, 4.69) is 39.9 Å². The molecule has 0 radical (unpaired) electrons. The van der Waals surface area contributed by atoms with Crippen LogP contribution in [0, 0.1) is 5.92 Å². The third kappa shape index (κ3) is 2.50. The first-order chi connectivity index (χ1) is 7.29. The van der Waals surface area contributed by atoms with Gasteiger partial charge in [0.2, 0.25) is 5.95 Å². The molecular formula is C11H20N4. The van der Waals surface area contributed by atoms with Crippen molar-refractivity contribution >= 4 is 5.95 Å². The van der Waals surface area contributed by atoms with Crippen molar-refractivity contribution in [2.24, 2.45) is 5.92 Å². The van der Waals surface area contributed by atoms with E-state index in [9.17, 15) is 0 Å². The lowest BCUT2D eigenvalue weighted by Gasteiger charge is -2.13.